The Bertz CT molecular complexity index is 1250. The fourth-order valence-electron chi connectivity index (χ4n) is 4.78. The first-order chi connectivity index (χ1) is 16.5. The highest BCUT2D eigenvalue weighted by atomic mass is 127. The van der Waals surface area contributed by atoms with E-state index in [1.54, 1.807) is 11.8 Å². The van der Waals surface area contributed by atoms with Gasteiger partial charge in [-0.2, -0.15) is 0 Å². The molecule has 2 aliphatic heterocycles. The Balaban J connectivity index is 1.55. The third kappa shape index (κ3) is 4.68. The monoisotopic (exact) mass is 581 g/mol. The number of nitrogens with one attached hydrogen (secondary N) is 1. The molecule has 1 fully saturated rings. The molecule has 0 saturated carbocycles. The smallest absolute Gasteiger partial charge is 0.265 e. The molecule has 2 atom stereocenters. The molecule has 6 heteroatoms. The molecule has 2 aliphatic rings. The Labute approximate surface area is 219 Å². The molecule has 2 heterocycles. The normalized spacial score (nSPS) is 20.0. The van der Waals surface area contributed by atoms with Gasteiger partial charge in [0.25, 0.3) is 5.91 Å². The highest BCUT2D eigenvalue weighted by Gasteiger charge is 2.27. The van der Waals surface area contributed by atoms with Gasteiger partial charge in [-0.05, 0) is 56.5 Å². The predicted molar refractivity (Wildman–Crippen MR) is 149 cm³/mol. The number of benzene rings is 3. The molecule has 4 nitrogen and oxygen atoms in total. The molecule has 0 spiro atoms. The molecular weight excluding hydrogens is 553 g/mol. The predicted octanol–water partition coefficient (Wildman–Crippen LogP) is 7.16. The number of fused-ring (bicyclic) bond motifs is 2. The number of halogens is 1. The van der Waals surface area contributed by atoms with Crippen molar-refractivity contribution in [3.8, 4) is 0 Å². The first-order valence-electron chi connectivity index (χ1n) is 11.8. The summed E-state index contributed by atoms with van der Waals surface area (Å²) in [6, 6.07) is 23.5. The maximum absolute atomic E-state index is 13.2. The molecule has 174 valence electrons. The van der Waals surface area contributed by atoms with E-state index in [1.165, 1.54) is 16.9 Å². The highest BCUT2D eigenvalue weighted by molar-refractivity contribution is 14.1. The van der Waals surface area contributed by atoms with Crippen LogP contribution in [-0.2, 0) is 4.43 Å². The number of piperidine rings is 1. The maximum Gasteiger partial charge on any atom is 0.265 e. The zero-order valence-electron chi connectivity index (χ0n) is 19.4. The van der Waals surface area contributed by atoms with Gasteiger partial charge in [-0.15, -0.1) is 0 Å². The minimum atomic E-state index is -0.0698. The minimum absolute atomic E-state index is 0.0698. The van der Waals surface area contributed by atoms with Gasteiger partial charge in [0.05, 0.1) is 11.4 Å². The molecule has 0 aromatic heterocycles. The quantitative estimate of drug-likeness (QED) is 0.206. The molecule has 3 aromatic rings. The van der Waals surface area contributed by atoms with Crippen molar-refractivity contribution in [3.05, 3.63) is 89.0 Å². The fourth-order valence-corrected chi connectivity index (χ4v) is 6.45. The third-order valence-electron chi connectivity index (χ3n) is 6.66. The summed E-state index contributed by atoms with van der Waals surface area (Å²) in [5.41, 5.74) is 9.14. The van der Waals surface area contributed by atoms with Crippen molar-refractivity contribution in [1.82, 2.24) is 10.4 Å². The Morgan fingerprint density at radius 1 is 1.00 bits per heavy atom. The van der Waals surface area contributed by atoms with Crippen LogP contribution in [0.4, 0.5) is 5.69 Å². The van der Waals surface area contributed by atoms with E-state index in [4.69, 9.17) is 4.99 Å². The summed E-state index contributed by atoms with van der Waals surface area (Å²) in [6.45, 7) is 4.36. The number of hydrogen-bond acceptors (Lipinski definition) is 4. The van der Waals surface area contributed by atoms with E-state index in [1.807, 2.05) is 18.2 Å². The van der Waals surface area contributed by atoms with Crippen molar-refractivity contribution in [1.29, 1.82) is 0 Å². The van der Waals surface area contributed by atoms with E-state index < -0.39 is 0 Å². The van der Waals surface area contributed by atoms with Gasteiger partial charge in [0.15, 0.2) is 0 Å². The van der Waals surface area contributed by atoms with Crippen LogP contribution in [0.3, 0.4) is 0 Å². The summed E-state index contributed by atoms with van der Waals surface area (Å²) in [4.78, 5) is 20.7. The van der Waals surface area contributed by atoms with Gasteiger partial charge in [0, 0.05) is 43.0 Å². The van der Waals surface area contributed by atoms with Gasteiger partial charge in [-0.25, -0.2) is 10.0 Å². The summed E-state index contributed by atoms with van der Waals surface area (Å²) in [6.07, 6.45) is 3.42. The second-order valence-electron chi connectivity index (χ2n) is 9.01. The van der Waals surface area contributed by atoms with Crippen LogP contribution in [-0.4, -0.2) is 28.7 Å². The lowest BCUT2D eigenvalue weighted by Crippen LogP contribution is -2.54. The van der Waals surface area contributed by atoms with Crippen molar-refractivity contribution in [2.45, 2.75) is 59.4 Å². The summed E-state index contributed by atoms with van der Waals surface area (Å²) >= 11 is 4.12. The van der Waals surface area contributed by atoms with Crippen molar-refractivity contribution < 1.29 is 4.79 Å². The zero-order valence-corrected chi connectivity index (χ0v) is 22.4. The number of hydrogen-bond donors (Lipinski definition) is 1. The van der Waals surface area contributed by atoms with Crippen molar-refractivity contribution in [2.75, 3.05) is 0 Å². The van der Waals surface area contributed by atoms with Crippen molar-refractivity contribution >= 4 is 51.7 Å². The Morgan fingerprint density at radius 3 is 2.47 bits per heavy atom. The highest BCUT2D eigenvalue weighted by Crippen LogP contribution is 2.42. The van der Waals surface area contributed by atoms with Crippen molar-refractivity contribution in [2.24, 2.45) is 4.99 Å². The largest absolute Gasteiger partial charge is 0.284 e. The molecule has 0 bridgehead atoms. The first kappa shape index (κ1) is 23.6. The summed E-state index contributed by atoms with van der Waals surface area (Å²) in [5.74, 6) is -0.0698. The summed E-state index contributed by atoms with van der Waals surface area (Å²) < 4.78 is 0.907. The van der Waals surface area contributed by atoms with Gasteiger partial charge in [-0.1, -0.05) is 83.2 Å². The van der Waals surface area contributed by atoms with E-state index in [0.717, 1.165) is 44.7 Å². The number of aliphatic imine (C=N–C) groups is 1. The Morgan fingerprint density at radius 2 is 1.71 bits per heavy atom. The molecule has 1 amide bonds. The van der Waals surface area contributed by atoms with E-state index in [9.17, 15) is 4.79 Å². The lowest BCUT2D eigenvalue weighted by atomic mass is 9.98. The zero-order chi connectivity index (χ0) is 23.7. The standard InChI is InChI=1S/C28H28IN3OS/c1-18-8-7-9-19(2)32(18)31-28(33)20-14-15-26-24(16-20)30-27(22-11-4-3-10-21(22)17-29)23-12-5-6-13-25(23)34-26/h3-6,10-16,18-19H,7-9,17H2,1-2H3,(H,31,33)/t18-,19+. The average Bonchev–Trinajstić information content (AvgIpc) is 3.02. The van der Waals surface area contributed by atoms with Crippen LogP contribution in [0.1, 0.15) is 60.2 Å². The third-order valence-corrected chi connectivity index (χ3v) is 8.62. The number of hydrazine groups is 1. The number of carbonyl (C=O) groups is 1. The molecule has 1 saturated heterocycles. The molecule has 5 rings (SSSR count). The van der Waals surface area contributed by atoms with E-state index in [2.05, 4.69) is 95.4 Å². The average molecular weight is 582 g/mol. The maximum atomic E-state index is 13.2. The molecular formula is C28H28IN3OS. The Hall–Kier alpha value is -2.16. The molecule has 3 aromatic carbocycles. The number of nitrogens with zero attached hydrogens (tertiary/aromatic N) is 2. The van der Waals surface area contributed by atoms with E-state index in [0.29, 0.717) is 17.6 Å². The molecule has 1 N–H and O–H groups in total. The molecule has 34 heavy (non-hydrogen) atoms. The lowest BCUT2D eigenvalue weighted by molar-refractivity contribution is 0.0370. The van der Waals surface area contributed by atoms with Crippen LogP contribution in [0.5, 0.6) is 0 Å². The van der Waals surface area contributed by atoms with Crippen LogP contribution in [0.15, 0.2) is 81.5 Å². The number of rotatable bonds is 4. The van der Waals surface area contributed by atoms with Crippen LogP contribution >= 0.6 is 34.4 Å². The minimum Gasteiger partial charge on any atom is -0.284 e. The van der Waals surface area contributed by atoms with Gasteiger partial charge in [0.2, 0.25) is 0 Å². The van der Waals surface area contributed by atoms with Crippen LogP contribution in [0.25, 0.3) is 0 Å². The SMILES string of the molecule is C[C@@H]1CCC[C@H](C)N1NC(=O)c1ccc2c(c1)N=C(c1ccccc1CI)c1ccccc1S2. The van der Waals surface area contributed by atoms with Gasteiger partial charge in [0.1, 0.15) is 0 Å². The molecule has 0 unspecified atom stereocenters. The second-order valence-corrected chi connectivity index (χ2v) is 10.9. The molecule has 0 aliphatic carbocycles. The topological polar surface area (TPSA) is 44.7 Å². The van der Waals surface area contributed by atoms with Gasteiger partial charge in [-0.3, -0.25) is 10.2 Å². The second kappa shape index (κ2) is 10.2. The van der Waals surface area contributed by atoms with Gasteiger partial charge >= 0.3 is 0 Å². The first-order valence-corrected chi connectivity index (χ1v) is 14.1. The number of carbonyl (C=O) groups excluding carboxylic acids is 1. The lowest BCUT2D eigenvalue weighted by Gasteiger charge is -2.38. The summed E-state index contributed by atoms with van der Waals surface area (Å²) in [5, 5.41) is 2.12. The Kier molecular flexibility index (Phi) is 7.09. The van der Waals surface area contributed by atoms with Crippen LogP contribution in [0.2, 0.25) is 0 Å². The van der Waals surface area contributed by atoms with Crippen molar-refractivity contribution in [3.63, 3.8) is 0 Å². The van der Waals surface area contributed by atoms with Gasteiger partial charge < -0.3 is 0 Å². The number of alkyl halides is 1. The fraction of sp³-hybridized carbons (Fsp3) is 0.286. The van der Waals surface area contributed by atoms with E-state index >= 15 is 0 Å². The van der Waals surface area contributed by atoms with E-state index in [-0.39, 0.29) is 5.91 Å². The van der Waals surface area contributed by atoms with Crippen LogP contribution < -0.4 is 5.43 Å². The summed E-state index contributed by atoms with van der Waals surface area (Å²) in [7, 11) is 0. The van der Waals surface area contributed by atoms with Crippen LogP contribution in [0, 0.1) is 0 Å². The molecule has 0 radical (unpaired) electrons. The number of amides is 1.